The van der Waals surface area contributed by atoms with Crippen molar-refractivity contribution >= 4 is 22.7 Å². The minimum atomic E-state index is -0.314. The zero-order valence-electron chi connectivity index (χ0n) is 17.9. The number of fused-ring (bicyclic) bond motifs is 1. The van der Waals surface area contributed by atoms with Crippen LogP contribution in [-0.4, -0.2) is 47.9 Å². The van der Waals surface area contributed by atoms with Crippen molar-refractivity contribution in [2.75, 3.05) is 26.2 Å². The molecule has 0 bridgehead atoms. The van der Waals surface area contributed by atoms with Crippen LogP contribution in [0.15, 0.2) is 30.3 Å². The number of hydrogen-bond acceptors (Lipinski definition) is 4. The lowest BCUT2D eigenvalue weighted by Gasteiger charge is -2.34. The molecule has 30 heavy (non-hydrogen) atoms. The standard InChI is InChI=1S/C24H31N3O3/c1-16(2)14-25-23(28)19-13-21(26-20-10-6-5-9-18(19)20)22-15-27(11-12-30-22)24(29)17-7-3-4-8-17/h5-6,9-10,13,16-17,22H,3-4,7-8,11-12,14-15H2,1-2H3,(H,25,28). The lowest BCUT2D eigenvalue weighted by atomic mass is 10.0. The van der Waals surface area contributed by atoms with E-state index in [1.54, 1.807) is 0 Å². The Kier molecular flexibility index (Phi) is 6.32. The van der Waals surface area contributed by atoms with E-state index in [0.29, 0.717) is 43.4 Å². The number of morpholine rings is 1. The number of para-hydroxylation sites is 1. The summed E-state index contributed by atoms with van der Waals surface area (Å²) in [5, 5.41) is 3.84. The average molecular weight is 410 g/mol. The third-order valence-electron chi connectivity index (χ3n) is 6.06. The van der Waals surface area contributed by atoms with Gasteiger partial charge in [-0.25, -0.2) is 4.98 Å². The lowest BCUT2D eigenvalue weighted by Crippen LogP contribution is -2.44. The van der Waals surface area contributed by atoms with Crippen LogP contribution in [-0.2, 0) is 9.53 Å². The van der Waals surface area contributed by atoms with E-state index in [9.17, 15) is 9.59 Å². The molecular weight excluding hydrogens is 378 g/mol. The number of hydrogen-bond donors (Lipinski definition) is 1. The number of nitrogens with one attached hydrogen (secondary N) is 1. The molecule has 6 heteroatoms. The Hall–Kier alpha value is -2.47. The van der Waals surface area contributed by atoms with Gasteiger partial charge >= 0.3 is 0 Å². The van der Waals surface area contributed by atoms with Gasteiger partial charge in [-0.2, -0.15) is 0 Å². The topological polar surface area (TPSA) is 71.5 Å². The van der Waals surface area contributed by atoms with Gasteiger partial charge in [0.05, 0.1) is 29.9 Å². The van der Waals surface area contributed by atoms with Crippen molar-refractivity contribution in [3.8, 4) is 0 Å². The van der Waals surface area contributed by atoms with Crippen LogP contribution >= 0.6 is 0 Å². The Morgan fingerprint density at radius 1 is 1.23 bits per heavy atom. The van der Waals surface area contributed by atoms with E-state index in [0.717, 1.165) is 36.6 Å². The summed E-state index contributed by atoms with van der Waals surface area (Å²) in [6.45, 7) is 6.38. The number of nitrogens with zero attached hydrogens (tertiary/aromatic N) is 2. The summed E-state index contributed by atoms with van der Waals surface area (Å²) in [6.07, 6.45) is 3.96. The maximum absolute atomic E-state index is 12.9. The number of pyridine rings is 1. The molecule has 2 fully saturated rings. The van der Waals surface area contributed by atoms with Crippen LogP contribution in [0.25, 0.3) is 10.9 Å². The molecule has 1 aliphatic carbocycles. The fourth-order valence-corrected chi connectivity index (χ4v) is 4.40. The molecule has 2 aliphatic rings. The van der Waals surface area contributed by atoms with Crippen molar-refractivity contribution < 1.29 is 14.3 Å². The van der Waals surface area contributed by atoms with Crippen molar-refractivity contribution in [3.05, 3.63) is 41.6 Å². The Morgan fingerprint density at radius 3 is 2.77 bits per heavy atom. The quantitative estimate of drug-likeness (QED) is 0.817. The molecular formula is C24H31N3O3. The first-order chi connectivity index (χ1) is 14.5. The van der Waals surface area contributed by atoms with Gasteiger partial charge in [-0.3, -0.25) is 9.59 Å². The molecule has 2 amide bonds. The van der Waals surface area contributed by atoms with Gasteiger partial charge in [0.25, 0.3) is 5.91 Å². The van der Waals surface area contributed by atoms with Crippen LogP contribution in [0.2, 0.25) is 0 Å². The van der Waals surface area contributed by atoms with Gasteiger partial charge in [0.15, 0.2) is 0 Å². The van der Waals surface area contributed by atoms with Gasteiger partial charge in [0.1, 0.15) is 6.10 Å². The summed E-state index contributed by atoms with van der Waals surface area (Å²) in [7, 11) is 0. The summed E-state index contributed by atoms with van der Waals surface area (Å²) in [6, 6.07) is 9.52. The number of benzene rings is 1. The number of rotatable bonds is 5. The zero-order valence-corrected chi connectivity index (χ0v) is 17.9. The van der Waals surface area contributed by atoms with Crippen LogP contribution in [0.5, 0.6) is 0 Å². The fraction of sp³-hybridized carbons (Fsp3) is 0.542. The van der Waals surface area contributed by atoms with E-state index in [1.165, 1.54) is 0 Å². The summed E-state index contributed by atoms with van der Waals surface area (Å²) >= 11 is 0. The van der Waals surface area contributed by atoms with Crippen molar-refractivity contribution in [1.29, 1.82) is 0 Å². The molecule has 1 N–H and O–H groups in total. The first-order valence-corrected chi connectivity index (χ1v) is 11.1. The van der Waals surface area contributed by atoms with Crippen LogP contribution in [0.3, 0.4) is 0 Å². The highest BCUT2D eigenvalue weighted by Gasteiger charge is 2.32. The normalized spacial score (nSPS) is 20.1. The highest BCUT2D eigenvalue weighted by Crippen LogP contribution is 2.30. The third-order valence-corrected chi connectivity index (χ3v) is 6.06. The van der Waals surface area contributed by atoms with Crippen LogP contribution in [0.1, 0.15) is 61.7 Å². The van der Waals surface area contributed by atoms with Gasteiger partial charge in [-0.05, 0) is 30.9 Å². The molecule has 1 aromatic carbocycles. The molecule has 0 spiro atoms. The minimum absolute atomic E-state index is 0.0988. The summed E-state index contributed by atoms with van der Waals surface area (Å²) < 4.78 is 6.00. The summed E-state index contributed by atoms with van der Waals surface area (Å²) in [5.74, 6) is 0.679. The number of carbonyl (C=O) groups excluding carboxylic acids is 2. The Morgan fingerprint density at radius 2 is 2.00 bits per heavy atom. The smallest absolute Gasteiger partial charge is 0.252 e. The van der Waals surface area contributed by atoms with Crippen molar-refractivity contribution in [2.24, 2.45) is 11.8 Å². The van der Waals surface area contributed by atoms with Gasteiger partial charge in [0, 0.05) is 24.4 Å². The second-order valence-corrected chi connectivity index (χ2v) is 8.84. The Bertz CT molecular complexity index is 921. The molecule has 4 rings (SSSR count). The van der Waals surface area contributed by atoms with Gasteiger partial charge in [0.2, 0.25) is 5.91 Å². The maximum atomic E-state index is 12.9. The zero-order chi connectivity index (χ0) is 21.1. The molecule has 1 aromatic heterocycles. The predicted molar refractivity (Wildman–Crippen MR) is 116 cm³/mol. The molecule has 2 heterocycles. The first-order valence-electron chi connectivity index (χ1n) is 11.1. The summed E-state index contributed by atoms with van der Waals surface area (Å²) in [4.78, 5) is 32.5. The van der Waals surface area contributed by atoms with Gasteiger partial charge in [-0.1, -0.05) is 44.9 Å². The molecule has 6 nitrogen and oxygen atoms in total. The molecule has 1 saturated carbocycles. The van der Waals surface area contributed by atoms with Crippen LogP contribution < -0.4 is 5.32 Å². The number of ether oxygens (including phenoxy) is 1. The van der Waals surface area contributed by atoms with E-state index in [4.69, 9.17) is 9.72 Å². The van der Waals surface area contributed by atoms with Gasteiger partial charge < -0.3 is 15.0 Å². The molecule has 1 saturated heterocycles. The highest BCUT2D eigenvalue weighted by atomic mass is 16.5. The molecule has 2 aromatic rings. The predicted octanol–water partition coefficient (Wildman–Crippen LogP) is 3.71. The monoisotopic (exact) mass is 409 g/mol. The molecule has 1 atom stereocenters. The SMILES string of the molecule is CC(C)CNC(=O)c1cc(C2CN(C(=O)C3CCCC3)CCO2)nc2ccccc12. The Labute approximate surface area is 178 Å². The molecule has 1 unspecified atom stereocenters. The van der Waals surface area contributed by atoms with Crippen LogP contribution in [0.4, 0.5) is 0 Å². The highest BCUT2D eigenvalue weighted by molar-refractivity contribution is 6.06. The van der Waals surface area contributed by atoms with Crippen molar-refractivity contribution in [2.45, 2.75) is 45.6 Å². The number of aromatic nitrogens is 1. The fourth-order valence-electron chi connectivity index (χ4n) is 4.40. The minimum Gasteiger partial charge on any atom is -0.368 e. The largest absolute Gasteiger partial charge is 0.368 e. The van der Waals surface area contributed by atoms with Crippen molar-refractivity contribution in [1.82, 2.24) is 15.2 Å². The van der Waals surface area contributed by atoms with E-state index in [1.807, 2.05) is 35.2 Å². The second-order valence-electron chi connectivity index (χ2n) is 8.84. The first kappa shape index (κ1) is 20.8. The molecule has 160 valence electrons. The lowest BCUT2D eigenvalue weighted by molar-refractivity contribution is -0.143. The van der Waals surface area contributed by atoms with Gasteiger partial charge in [-0.15, -0.1) is 0 Å². The second kappa shape index (κ2) is 9.13. The van der Waals surface area contributed by atoms with E-state index in [2.05, 4.69) is 19.2 Å². The average Bonchev–Trinajstić information content (AvgIpc) is 3.31. The number of carbonyl (C=O) groups is 2. The summed E-state index contributed by atoms with van der Waals surface area (Å²) in [5.41, 5.74) is 2.10. The van der Waals surface area contributed by atoms with Crippen LogP contribution in [0, 0.1) is 11.8 Å². The molecule has 1 aliphatic heterocycles. The van der Waals surface area contributed by atoms with Crippen molar-refractivity contribution in [3.63, 3.8) is 0 Å². The molecule has 0 radical (unpaired) electrons. The number of amides is 2. The van der Waals surface area contributed by atoms with E-state index < -0.39 is 0 Å². The Balaban J connectivity index is 1.60. The van der Waals surface area contributed by atoms with E-state index in [-0.39, 0.29) is 23.8 Å². The third kappa shape index (κ3) is 4.48. The van der Waals surface area contributed by atoms with E-state index >= 15 is 0 Å². The maximum Gasteiger partial charge on any atom is 0.252 e.